The first-order valence-electron chi connectivity index (χ1n) is 10.3. The van der Waals surface area contributed by atoms with Gasteiger partial charge in [-0.05, 0) is 36.5 Å². The van der Waals surface area contributed by atoms with Crippen LogP contribution in [0, 0.1) is 5.92 Å². The highest BCUT2D eigenvalue weighted by molar-refractivity contribution is 7.89. The smallest absolute Gasteiger partial charge is 0.213 e. The zero-order chi connectivity index (χ0) is 22.0. The van der Waals surface area contributed by atoms with Crippen LogP contribution in [0.15, 0.2) is 60.7 Å². The van der Waals surface area contributed by atoms with Crippen molar-refractivity contribution < 1.29 is 17.9 Å². The summed E-state index contributed by atoms with van der Waals surface area (Å²) in [5.74, 6) is 0.114. The SMILES string of the molecule is CCC(C)[C@H](N)CS(=O)(=O)N[C@@H](CCc1ccccc1)C(=O)COc1ccccc1. The fraction of sp³-hybridized carbons (Fsp3) is 0.435. The molecular formula is C23H32N2O4S. The quantitative estimate of drug-likeness (QED) is 0.507. The number of aryl methyl sites for hydroxylation is 1. The van der Waals surface area contributed by atoms with E-state index in [4.69, 9.17) is 10.5 Å². The normalized spacial score (nSPS) is 14.6. The molecule has 0 aliphatic carbocycles. The Morgan fingerprint density at radius 1 is 1.07 bits per heavy atom. The lowest BCUT2D eigenvalue weighted by Gasteiger charge is -2.22. The second-order valence-electron chi connectivity index (χ2n) is 7.59. The van der Waals surface area contributed by atoms with Crippen LogP contribution in [0.2, 0.25) is 0 Å². The predicted molar refractivity (Wildman–Crippen MR) is 120 cm³/mol. The molecule has 164 valence electrons. The predicted octanol–water partition coefficient (Wildman–Crippen LogP) is 2.93. The van der Waals surface area contributed by atoms with E-state index in [2.05, 4.69) is 4.72 Å². The number of carbonyl (C=O) groups is 1. The Kier molecular flexibility index (Phi) is 9.49. The molecule has 0 spiro atoms. The molecule has 3 atom stereocenters. The fourth-order valence-electron chi connectivity index (χ4n) is 3.00. The summed E-state index contributed by atoms with van der Waals surface area (Å²) in [6, 6.07) is 17.3. The summed E-state index contributed by atoms with van der Waals surface area (Å²) >= 11 is 0. The molecule has 0 aliphatic rings. The summed E-state index contributed by atoms with van der Waals surface area (Å²) in [7, 11) is -3.72. The van der Waals surface area contributed by atoms with E-state index in [1.54, 1.807) is 12.1 Å². The van der Waals surface area contributed by atoms with E-state index in [1.165, 1.54) is 0 Å². The van der Waals surface area contributed by atoms with Crippen molar-refractivity contribution in [2.45, 2.75) is 45.2 Å². The van der Waals surface area contributed by atoms with Crippen LogP contribution in [0.5, 0.6) is 5.75 Å². The van der Waals surface area contributed by atoms with Crippen molar-refractivity contribution in [1.82, 2.24) is 4.72 Å². The maximum atomic E-state index is 12.8. The van der Waals surface area contributed by atoms with Crippen LogP contribution in [-0.4, -0.2) is 38.6 Å². The first-order chi connectivity index (χ1) is 14.3. The number of hydrogen-bond acceptors (Lipinski definition) is 5. The average Bonchev–Trinajstić information content (AvgIpc) is 2.75. The van der Waals surface area contributed by atoms with Gasteiger partial charge in [-0.1, -0.05) is 68.8 Å². The highest BCUT2D eigenvalue weighted by atomic mass is 32.2. The molecule has 2 aromatic rings. The number of carbonyl (C=O) groups excluding carboxylic acids is 1. The van der Waals surface area contributed by atoms with Crippen molar-refractivity contribution in [3.63, 3.8) is 0 Å². The van der Waals surface area contributed by atoms with Gasteiger partial charge in [0, 0.05) is 6.04 Å². The zero-order valence-corrected chi connectivity index (χ0v) is 18.5. The third-order valence-corrected chi connectivity index (χ3v) is 6.65. The minimum absolute atomic E-state index is 0.0708. The fourth-order valence-corrected chi connectivity index (χ4v) is 4.61. The van der Waals surface area contributed by atoms with E-state index in [0.29, 0.717) is 18.6 Å². The minimum Gasteiger partial charge on any atom is -0.486 e. The molecule has 30 heavy (non-hydrogen) atoms. The van der Waals surface area contributed by atoms with E-state index >= 15 is 0 Å². The van der Waals surface area contributed by atoms with Gasteiger partial charge in [0.25, 0.3) is 0 Å². The standard InChI is InChI=1S/C23H32N2O4S/c1-3-18(2)21(24)17-30(27,28)25-22(15-14-19-10-6-4-7-11-19)23(26)16-29-20-12-8-5-9-13-20/h4-13,18,21-22,25H,3,14-17,24H2,1-2H3/t18?,21-,22+/m1/s1. The van der Waals surface area contributed by atoms with E-state index in [-0.39, 0.29) is 24.1 Å². The molecule has 1 unspecified atom stereocenters. The second-order valence-corrected chi connectivity index (χ2v) is 9.39. The topological polar surface area (TPSA) is 98.5 Å². The van der Waals surface area contributed by atoms with Crippen LogP contribution in [0.25, 0.3) is 0 Å². The molecule has 2 aromatic carbocycles. The molecular weight excluding hydrogens is 400 g/mol. The van der Waals surface area contributed by atoms with Crippen molar-refractivity contribution in [2.24, 2.45) is 11.7 Å². The minimum atomic E-state index is -3.72. The van der Waals surface area contributed by atoms with E-state index in [0.717, 1.165) is 12.0 Å². The third-order valence-electron chi connectivity index (χ3n) is 5.19. The number of ketones is 1. The summed E-state index contributed by atoms with van der Waals surface area (Å²) in [5, 5.41) is 0. The molecule has 0 radical (unpaired) electrons. The maximum Gasteiger partial charge on any atom is 0.213 e. The molecule has 0 fully saturated rings. The first-order valence-corrected chi connectivity index (χ1v) is 12.0. The largest absolute Gasteiger partial charge is 0.486 e. The van der Waals surface area contributed by atoms with Crippen molar-refractivity contribution in [3.8, 4) is 5.75 Å². The highest BCUT2D eigenvalue weighted by Crippen LogP contribution is 2.12. The van der Waals surface area contributed by atoms with Gasteiger partial charge in [-0.15, -0.1) is 0 Å². The van der Waals surface area contributed by atoms with Gasteiger partial charge >= 0.3 is 0 Å². The van der Waals surface area contributed by atoms with Crippen molar-refractivity contribution in [2.75, 3.05) is 12.4 Å². The van der Waals surface area contributed by atoms with Crippen molar-refractivity contribution in [3.05, 3.63) is 66.2 Å². The lowest BCUT2D eigenvalue weighted by atomic mass is 10.0. The van der Waals surface area contributed by atoms with Crippen LogP contribution >= 0.6 is 0 Å². The van der Waals surface area contributed by atoms with Gasteiger partial charge in [-0.3, -0.25) is 4.79 Å². The van der Waals surface area contributed by atoms with Crippen LogP contribution in [0.4, 0.5) is 0 Å². The van der Waals surface area contributed by atoms with Crippen molar-refractivity contribution >= 4 is 15.8 Å². The molecule has 0 aliphatic heterocycles. The van der Waals surface area contributed by atoms with E-state index < -0.39 is 22.1 Å². The number of sulfonamides is 1. The Morgan fingerprint density at radius 2 is 1.67 bits per heavy atom. The zero-order valence-electron chi connectivity index (χ0n) is 17.7. The second kappa shape index (κ2) is 11.8. The molecule has 0 aromatic heterocycles. The summed E-state index contributed by atoms with van der Waals surface area (Å²) in [6.07, 6.45) is 1.71. The molecule has 2 rings (SSSR count). The number of hydrogen-bond donors (Lipinski definition) is 2. The molecule has 6 nitrogen and oxygen atoms in total. The van der Waals surface area contributed by atoms with E-state index in [1.807, 2.05) is 62.4 Å². The molecule has 7 heteroatoms. The first kappa shape index (κ1) is 24.1. The number of benzene rings is 2. The monoisotopic (exact) mass is 432 g/mol. The summed E-state index contributed by atoms with van der Waals surface area (Å²) in [5.41, 5.74) is 7.07. The number of para-hydroxylation sites is 1. The van der Waals surface area contributed by atoms with Crippen LogP contribution in [0.1, 0.15) is 32.3 Å². The Hall–Kier alpha value is -2.22. The Morgan fingerprint density at radius 3 is 2.27 bits per heavy atom. The van der Waals surface area contributed by atoms with Gasteiger partial charge in [0.1, 0.15) is 12.4 Å². The average molecular weight is 433 g/mol. The lowest BCUT2D eigenvalue weighted by Crippen LogP contribution is -2.47. The number of nitrogens with two attached hydrogens (primary N) is 1. The number of rotatable bonds is 13. The highest BCUT2D eigenvalue weighted by Gasteiger charge is 2.27. The molecule has 3 N–H and O–H groups in total. The molecule has 0 heterocycles. The summed E-state index contributed by atoms with van der Waals surface area (Å²) < 4.78 is 33.5. The number of Topliss-reactive ketones (excluding diaryl/α,β-unsaturated/α-hetero) is 1. The molecule has 0 saturated carbocycles. The number of nitrogens with one attached hydrogen (secondary N) is 1. The molecule has 0 amide bonds. The third kappa shape index (κ3) is 8.26. The van der Waals surface area contributed by atoms with Crippen molar-refractivity contribution in [1.29, 1.82) is 0 Å². The molecule has 0 saturated heterocycles. The summed E-state index contributed by atoms with van der Waals surface area (Å²) in [4.78, 5) is 12.8. The van der Waals surface area contributed by atoms with Gasteiger partial charge in [0.2, 0.25) is 10.0 Å². The Labute approximate surface area is 179 Å². The Balaban J connectivity index is 2.06. The van der Waals surface area contributed by atoms with Gasteiger partial charge in [-0.25, -0.2) is 13.1 Å². The van der Waals surface area contributed by atoms with Crippen LogP contribution in [-0.2, 0) is 21.2 Å². The lowest BCUT2D eigenvalue weighted by molar-refractivity contribution is -0.122. The number of ether oxygens (including phenoxy) is 1. The van der Waals surface area contributed by atoms with Gasteiger partial charge in [0.05, 0.1) is 11.8 Å². The maximum absolute atomic E-state index is 12.8. The van der Waals surface area contributed by atoms with Crippen LogP contribution in [0.3, 0.4) is 0 Å². The summed E-state index contributed by atoms with van der Waals surface area (Å²) in [6.45, 7) is 3.69. The van der Waals surface area contributed by atoms with Crippen LogP contribution < -0.4 is 15.2 Å². The van der Waals surface area contributed by atoms with Gasteiger partial charge < -0.3 is 10.5 Å². The van der Waals surface area contributed by atoms with Gasteiger partial charge in [0.15, 0.2) is 5.78 Å². The molecule has 0 bridgehead atoms. The van der Waals surface area contributed by atoms with E-state index in [9.17, 15) is 13.2 Å². The van der Waals surface area contributed by atoms with Gasteiger partial charge in [-0.2, -0.15) is 0 Å². The Bertz CT molecular complexity index is 873.